The Morgan fingerprint density at radius 3 is 2.81 bits per heavy atom. The predicted octanol–water partition coefficient (Wildman–Crippen LogP) is 2.87. The van der Waals surface area contributed by atoms with Gasteiger partial charge in [0, 0.05) is 18.0 Å². The molecule has 0 aromatic carbocycles. The first kappa shape index (κ1) is 14.5. The van der Waals surface area contributed by atoms with Crippen LogP contribution in [-0.4, -0.2) is 34.3 Å². The van der Waals surface area contributed by atoms with E-state index in [9.17, 15) is 5.11 Å². The smallest absolute Gasteiger partial charge is 0.226 e. The molecule has 6 heteroatoms. The summed E-state index contributed by atoms with van der Waals surface area (Å²) in [5, 5.41) is 17.6. The highest BCUT2D eigenvalue weighted by atomic mass is 32.1. The molecule has 0 amide bonds. The number of anilines is 2. The Morgan fingerprint density at radius 2 is 2.14 bits per heavy atom. The number of hydrogen-bond acceptors (Lipinski definition) is 6. The Balaban J connectivity index is 1.87. The van der Waals surface area contributed by atoms with Gasteiger partial charge in [-0.05, 0) is 38.2 Å². The van der Waals surface area contributed by atoms with Gasteiger partial charge in [0.1, 0.15) is 10.6 Å². The lowest BCUT2D eigenvalue weighted by atomic mass is 10.2. The average molecular weight is 306 g/mol. The molecular formula is C15H22N4OS. The number of hydrogen-bond donors (Lipinski definition) is 3. The number of nitrogens with zero attached hydrogens (tertiary/aromatic N) is 2. The summed E-state index contributed by atoms with van der Waals surface area (Å²) in [7, 11) is 0. The zero-order valence-corrected chi connectivity index (χ0v) is 13.3. The SMILES string of the molecule is CCNc1nc(NCC(O)C2CC2)c2cc(CC)sc2n1. The molecule has 0 spiro atoms. The minimum Gasteiger partial charge on any atom is -0.391 e. The molecule has 1 unspecified atom stereocenters. The molecule has 1 aliphatic carbocycles. The molecule has 0 aliphatic heterocycles. The average Bonchev–Trinajstić information content (AvgIpc) is 3.24. The van der Waals surface area contributed by atoms with Crippen molar-refractivity contribution in [2.45, 2.75) is 39.2 Å². The van der Waals surface area contributed by atoms with Crippen molar-refractivity contribution >= 4 is 33.3 Å². The third kappa shape index (κ3) is 3.27. The molecule has 0 saturated heterocycles. The van der Waals surface area contributed by atoms with E-state index in [1.54, 1.807) is 11.3 Å². The van der Waals surface area contributed by atoms with E-state index in [1.807, 2.05) is 6.92 Å². The summed E-state index contributed by atoms with van der Waals surface area (Å²) in [6.07, 6.45) is 3.01. The molecule has 5 nitrogen and oxygen atoms in total. The third-order valence-electron chi connectivity index (χ3n) is 3.77. The van der Waals surface area contributed by atoms with E-state index in [0.717, 1.165) is 41.8 Å². The van der Waals surface area contributed by atoms with Crippen molar-refractivity contribution in [3.05, 3.63) is 10.9 Å². The summed E-state index contributed by atoms with van der Waals surface area (Å²) < 4.78 is 0. The van der Waals surface area contributed by atoms with Crippen LogP contribution < -0.4 is 10.6 Å². The fourth-order valence-corrected chi connectivity index (χ4v) is 3.33. The highest BCUT2D eigenvalue weighted by Gasteiger charge is 2.29. The molecule has 3 N–H and O–H groups in total. The van der Waals surface area contributed by atoms with Crippen LogP contribution in [0.1, 0.15) is 31.6 Å². The van der Waals surface area contributed by atoms with Gasteiger partial charge >= 0.3 is 0 Å². The standard InChI is InChI=1S/C15H22N4OS/c1-3-10-7-11-13(17-8-12(20)9-5-6-9)18-15(16-4-2)19-14(11)21-10/h7,9,12,20H,3-6,8H2,1-2H3,(H2,16,17,18,19). The van der Waals surface area contributed by atoms with Crippen LogP contribution in [0.5, 0.6) is 0 Å². The molecule has 2 aromatic rings. The summed E-state index contributed by atoms with van der Waals surface area (Å²) in [4.78, 5) is 11.4. The summed E-state index contributed by atoms with van der Waals surface area (Å²) in [6.45, 7) is 5.53. The van der Waals surface area contributed by atoms with E-state index in [-0.39, 0.29) is 6.10 Å². The van der Waals surface area contributed by atoms with Gasteiger partial charge in [-0.15, -0.1) is 11.3 Å². The lowest BCUT2D eigenvalue weighted by Crippen LogP contribution is -2.22. The van der Waals surface area contributed by atoms with Crippen LogP contribution in [0.15, 0.2) is 6.07 Å². The summed E-state index contributed by atoms with van der Waals surface area (Å²) in [5.74, 6) is 1.95. The fourth-order valence-electron chi connectivity index (χ4n) is 2.37. The van der Waals surface area contributed by atoms with Crippen molar-refractivity contribution in [1.29, 1.82) is 0 Å². The van der Waals surface area contributed by atoms with Crippen molar-refractivity contribution in [3.8, 4) is 0 Å². The molecule has 1 fully saturated rings. The first-order chi connectivity index (χ1) is 10.2. The number of thiophene rings is 1. The lowest BCUT2D eigenvalue weighted by molar-refractivity contribution is 0.164. The number of aryl methyl sites for hydroxylation is 1. The summed E-state index contributed by atoms with van der Waals surface area (Å²) >= 11 is 1.71. The van der Waals surface area contributed by atoms with Crippen molar-refractivity contribution in [2.75, 3.05) is 23.7 Å². The van der Waals surface area contributed by atoms with Gasteiger partial charge < -0.3 is 15.7 Å². The van der Waals surface area contributed by atoms with Crippen molar-refractivity contribution < 1.29 is 5.11 Å². The van der Waals surface area contributed by atoms with Gasteiger partial charge in [-0.25, -0.2) is 4.98 Å². The van der Waals surface area contributed by atoms with Crippen LogP contribution >= 0.6 is 11.3 Å². The molecule has 1 saturated carbocycles. The summed E-state index contributed by atoms with van der Waals surface area (Å²) in [6, 6.07) is 2.15. The molecule has 1 atom stereocenters. The van der Waals surface area contributed by atoms with E-state index in [2.05, 4.69) is 33.6 Å². The van der Waals surface area contributed by atoms with Gasteiger partial charge in [0.15, 0.2) is 0 Å². The van der Waals surface area contributed by atoms with Gasteiger partial charge in [0.25, 0.3) is 0 Å². The Hall–Kier alpha value is -1.40. The monoisotopic (exact) mass is 306 g/mol. The molecule has 1 aliphatic rings. The van der Waals surface area contributed by atoms with E-state index in [4.69, 9.17) is 0 Å². The van der Waals surface area contributed by atoms with Crippen molar-refractivity contribution in [3.63, 3.8) is 0 Å². The summed E-state index contributed by atoms with van der Waals surface area (Å²) in [5.41, 5.74) is 0. The number of rotatable bonds is 7. The number of fused-ring (bicyclic) bond motifs is 1. The molecule has 3 rings (SSSR count). The maximum Gasteiger partial charge on any atom is 0.226 e. The maximum atomic E-state index is 10.0. The maximum absolute atomic E-state index is 10.0. The second kappa shape index (κ2) is 6.15. The van der Waals surface area contributed by atoms with Crippen LogP contribution in [0, 0.1) is 5.92 Å². The van der Waals surface area contributed by atoms with Gasteiger partial charge in [0.2, 0.25) is 5.95 Å². The van der Waals surface area contributed by atoms with Crippen molar-refractivity contribution in [2.24, 2.45) is 5.92 Å². The largest absolute Gasteiger partial charge is 0.391 e. The second-order valence-electron chi connectivity index (χ2n) is 5.50. The number of aromatic nitrogens is 2. The quantitative estimate of drug-likeness (QED) is 0.734. The zero-order valence-electron chi connectivity index (χ0n) is 12.5. The highest BCUT2D eigenvalue weighted by Crippen LogP contribution is 2.34. The molecule has 0 bridgehead atoms. The third-order valence-corrected chi connectivity index (χ3v) is 4.95. The molecule has 114 valence electrons. The molecule has 2 heterocycles. The molecular weight excluding hydrogens is 284 g/mol. The van der Waals surface area contributed by atoms with Gasteiger partial charge in [0.05, 0.1) is 11.5 Å². The number of nitrogens with one attached hydrogen (secondary N) is 2. The fraction of sp³-hybridized carbons (Fsp3) is 0.600. The first-order valence-electron chi connectivity index (χ1n) is 7.67. The van der Waals surface area contributed by atoms with Gasteiger partial charge in [-0.1, -0.05) is 6.92 Å². The van der Waals surface area contributed by atoms with Crippen LogP contribution in [0.2, 0.25) is 0 Å². The van der Waals surface area contributed by atoms with Crippen LogP contribution in [0.25, 0.3) is 10.2 Å². The van der Waals surface area contributed by atoms with E-state index >= 15 is 0 Å². The minimum atomic E-state index is -0.276. The highest BCUT2D eigenvalue weighted by molar-refractivity contribution is 7.18. The van der Waals surface area contributed by atoms with E-state index in [1.165, 1.54) is 4.88 Å². The first-order valence-corrected chi connectivity index (χ1v) is 8.49. The Bertz CT molecular complexity index is 623. The topological polar surface area (TPSA) is 70.1 Å². The Labute approximate surface area is 128 Å². The predicted molar refractivity (Wildman–Crippen MR) is 88.2 cm³/mol. The van der Waals surface area contributed by atoms with Crippen LogP contribution in [0.4, 0.5) is 11.8 Å². The van der Waals surface area contributed by atoms with Crippen molar-refractivity contribution in [1.82, 2.24) is 9.97 Å². The molecule has 2 aromatic heterocycles. The zero-order chi connectivity index (χ0) is 14.8. The molecule has 21 heavy (non-hydrogen) atoms. The van der Waals surface area contributed by atoms with Gasteiger partial charge in [-0.2, -0.15) is 4.98 Å². The van der Waals surface area contributed by atoms with E-state index < -0.39 is 0 Å². The number of aliphatic hydroxyl groups is 1. The lowest BCUT2D eigenvalue weighted by Gasteiger charge is -2.12. The Morgan fingerprint density at radius 1 is 1.33 bits per heavy atom. The molecule has 0 radical (unpaired) electrons. The van der Waals surface area contributed by atoms with Crippen LogP contribution in [-0.2, 0) is 6.42 Å². The second-order valence-corrected chi connectivity index (χ2v) is 6.61. The van der Waals surface area contributed by atoms with Crippen LogP contribution in [0.3, 0.4) is 0 Å². The normalized spacial score (nSPS) is 16.1. The van der Waals surface area contributed by atoms with Gasteiger partial charge in [-0.3, -0.25) is 0 Å². The minimum absolute atomic E-state index is 0.276. The Kier molecular flexibility index (Phi) is 4.26. The number of aliphatic hydroxyl groups excluding tert-OH is 1. The van der Waals surface area contributed by atoms with E-state index in [0.29, 0.717) is 18.4 Å².